The molecular formula is C14H24N2O. The molecule has 1 rings (SSSR count). The van der Waals surface area contributed by atoms with Crippen molar-refractivity contribution in [3.63, 3.8) is 0 Å². The topological polar surface area (TPSA) is 47.3 Å². The number of hydrogen-bond acceptors (Lipinski definition) is 3. The molecule has 0 aromatic heterocycles. The second-order valence-corrected chi connectivity index (χ2v) is 5.33. The van der Waals surface area contributed by atoms with Crippen LogP contribution in [0.4, 0.5) is 11.4 Å². The molecule has 0 saturated carbocycles. The molecule has 0 atom stereocenters. The number of rotatable bonds is 6. The number of methoxy groups -OCH3 is 1. The van der Waals surface area contributed by atoms with Gasteiger partial charge in [0.25, 0.3) is 0 Å². The van der Waals surface area contributed by atoms with E-state index in [9.17, 15) is 0 Å². The number of nitrogens with two attached hydrogens (primary N) is 1. The van der Waals surface area contributed by atoms with Crippen molar-refractivity contribution in [2.75, 3.05) is 31.3 Å². The van der Waals surface area contributed by atoms with Gasteiger partial charge in [-0.05, 0) is 36.5 Å². The van der Waals surface area contributed by atoms with Crippen LogP contribution in [0.3, 0.4) is 0 Å². The Morgan fingerprint density at radius 2 is 2.06 bits per heavy atom. The van der Waals surface area contributed by atoms with Crippen LogP contribution in [0.5, 0.6) is 0 Å². The summed E-state index contributed by atoms with van der Waals surface area (Å²) >= 11 is 0. The summed E-state index contributed by atoms with van der Waals surface area (Å²) in [5.74, 6) is 0. The van der Waals surface area contributed by atoms with Crippen LogP contribution in [0.2, 0.25) is 0 Å². The monoisotopic (exact) mass is 236 g/mol. The number of nitrogen functional groups attached to an aromatic ring is 1. The second-order valence-electron chi connectivity index (χ2n) is 5.33. The number of hydrogen-bond donors (Lipinski definition) is 2. The molecule has 3 heteroatoms. The van der Waals surface area contributed by atoms with E-state index in [1.54, 1.807) is 7.11 Å². The van der Waals surface area contributed by atoms with Crippen LogP contribution < -0.4 is 11.1 Å². The van der Waals surface area contributed by atoms with Gasteiger partial charge in [0.05, 0.1) is 0 Å². The molecule has 0 heterocycles. The predicted molar refractivity (Wildman–Crippen MR) is 74.4 cm³/mol. The van der Waals surface area contributed by atoms with Crippen LogP contribution in [0.15, 0.2) is 18.2 Å². The van der Waals surface area contributed by atoms with Crippen molar-refractivity contribution in [1.29, 1.82) is 0 Å². The number of ether oxygens (including phenoxy) is 1. The fraction of sp³-hybridized carbons (Fsp3) is 0.571. The Labute approximate surface area is 104 Å². The molecule has 0 amide bonds. The van der Waals surface area contributed by atoms with Gasteiger partial charge in [0, 0.05) is 31.6 Å². The van der Waals surface area contributed by atoms with Gasteiger partial charge in [0.1, 0.15) is 0 Å². The lowest BCUT2D eigenvalue weighted by Crippen LogP contribution is -2.24. The van der Waals surface area contributed by atoms with Gasteiger partial charge >= 0.3 is 0 Å². The van der Waals surface area contributed by atoms with E-state index in [1.165, 1.54) is 5.56 Å². The molecule has 0 aliphatic rings. The highest BCUT2D eigenvalue weighted by atomic mass is 16.5. The van der Waals surface area contributed by atoms with Crippen LogP contribution in [0, 0.1) is 12.3 Å². The van der Waals surface area contributed by atoms with Crippen LogP contribution in [0.1, 0.15) is 25.8 Å². The quantitative estimate of drug-likeness (QED) is 0.746. The molecule has 3 N–H and O–H groups in total. The average molecular weight is 236 g/mol. The zero-order valence-corrected chi connectivity index (χ0v) is 11.3. The normalized spacial score (nSPS) is 11.5. The summed E-state index contributed by atoms with van der Waals surface area (Å²) in [6.45, 7) is 8.27. The highest BCUT2D eigenvalue weighted by Crippen LogP contribution is 2.24. The highest BCUT2D eigenvalue weighted by Gasteiger charge is 2.17. The first kappa shape index (κ1) is 13.8. The molecule has 0 aliphatic heterocycles. The van der Waals surface area contributed by atoms with Crippen molar-refractivity contribution in [3.8, 4) is 0 Å². The lowest BCUT2D eigenvalue weighted by atomic mass is 9.89. The van der Waals surface area contributed by atoms with E-state index in [-0.39, 0.29) is 5.41 Å². The molecule has 3 nitrogen and oxygen atoms in total. The number of aryl methyl sites for hydroxylation is 1. The van der Waals surface area contributed by atoms with E-state index < -0.39 is 0 Å². The SMILES string of the molecule is COCCC(C)(C)CNc1cc(N)ccc1C. The largest absolute Gasteiger partial charge is 0.399 e. The first-order valence-electron chi connectivity index (χ1n) is 6.03. The third-order valence-corrected chi connectivity index (χ3v) is 3.00. The van der Waals surface area contributed by atoms with E-state index in [1.807, 2.05) is 18.2 Å². The van der Waals surface area contributed by atoms with E-state index in [0.29, 0.717) is 0 Å². The van der Waals surface area contributed by atoms with Crippen molar-refractivity contribution >= 4 is 11.4 Å². The standard InChI is InChI=1S/C14H24N2O/c1-11-5-6-12(15)9-13(11)16-10-14(2,3)7-8-17-4/h5-6,9,16H,7-8,10,15H2,1-4H3. The molecule has 0 unspecified atom stereocenters. The van der Waals surface area contributed by atoms with Crippen molar-refractivity contribution in [2.24, 2.45) is 5.41 Å². The Morgan fingerprint density at radius 1 is 1.35 bits per heavy atom. The predicted octanol–water partition coefficient (Wildman–Crippen LogP) is 3.05. The van der Waals surface area contributed by atoms with Crippen LogP contribution in [-0.4, -0.2) is 20.3 Å². The van der Waals surface area contributed by atoms with Crippen LogP contribution in [-0.2, 0) is 4.74 Å². The minimum absolute atomic E-state index is 0.215. The zero-order chi connectivity index (χ0) is 12.9. The number of benzene rings is 1. The Hall–Kier alpha value is -1.22. The third kappa shape index (κ3) is 4.65. The Bertz CT molecular complexity index is 361. The molecule has 0 fully saturated rings. The molecule has 1 aromatic carbocycles. The van der Waals surface area contributed by atoms with Crippen molar-refractivity contribution in [2.45, 2.75) is 27.2 Å². The summed E-state index contributed by atoms with van der Waals surface area (Å²) in [6.07, 6.45) is 1.04. The van der Waals surface area contributed by atoms with E-state index in [2.05, 4.69) is 26.1 Å². The summed E-state index contributed by atoms with van der Waals surface area (Å²) in [5.41, 5.74) is 9.15. The van der Waals surface area contributed by atoms with Crippen molar-refractivity contribution in [3.05, 3.63) is 23.8 Å². The van der Waals surface area contributed by atoms with E-state index in [0.717, 1.165) is 30.9 Å². The lowest BCUT2D eigenvalue weighted by Gasteiger charge is -2.25. The van der Waals surface area contributed by atoms with Gasteiger partial charge in [-0.1, -0.05) is 19.9 Å². The van der Waals surface area contributed by atoms with E-state index in [4.69, 9.17) is 10.5 Å². The third-order valence-electron chi connectivity index (χ3n) is 3.00. The maximum atomic E-state index is 5.79. The fourth-order valence-corrected chi connectivity index (χ4v) is 1.63. The Balaban J connectivity index is 2.57. The minimum atomic E-state index is 0.215. The van der Waals surface area contributed by atoms with Gasteiger partial charge in [-0.3, -0.25) is 0 Å². The summed E-state index contributed by atoms with van der Waals surface area (Å²) < 4.78 is 5.12. The van der Waals surface area contributed by atoms with Crippen molar-refractivity contribution < 1.29 is 4.74 Å². The Kier molecular flexibility index (Phi) is 4.82. The van der Waals surface area contributed by atoms with Gasteiger partial charge in [-0.15, -0.1) is 0 Å². The zero-order valence-electron chi connectivity index (χ0n) is 11.3. The first-order chi connectivity index (χ1) is 7.94. The molecule has 0 saturated heterocycles. The minimum Gasteiger partial charge on any atom is -0.399 e. The highest BCUT2D eigenvalue weighted by molar-refractivity contribution is 5.59. The maximum Gasteiger partial charge on any atom is 0.0468 e. The summed E-state index contributed by atoms with van der Waals surface area (Å²) in [5, 5.41) is 3.47. The first-order valence-corrected chi connectivity index (χ1v) is 6.03. The second kappa shape index (κ2) is 5.92. The molecule has 0 bridgehead atoms. The number of nitrogens with one attached hydrogen (secondary N) is 1. The number of anilines is 2. The van der Waals surface area contributed by atoms with Gasteiger partial charge in [-0.2, -0.15) is 0 Å². The smallest absolute Gasteiger partial charge is 0.0468 e. The summed E-state index contributed by atoms with van der Waals surface area (Å²) in [4.78, 5) is 0. The molecule has 0 radical (unpaired) electrons. The van der Waals surface area contributed by atoms with Gasteiger partial charge in [-0.25, -0.2) is 0 Å². The maximum absolute atomic E-state index is 5.79. The van der Waals surface area contributed by atoms with Crippen LogP contribution >= 0.6 is 0 Å². The molecule has 17 heavy (non-hydrogen) atoms. The lowest BCUT2D eigenvalue weighted by molar-refractivity contribution is 0.157. The van der Waals surface area contributed by atoms with Gasteiger partial charge < -0.3 is 15.8 Å². The molecule has 96 valence electrons. The van der Waals surface area contributed by atoms with E-state index >= 15 is 0 Å². The summed E-state index contributed by atoms with van der Waals surface area (Å²) in [6, 6.07) is 5.96. The van der Waals surface area contributed by atoms with Gasteiger partial charge in [0.2, 0.25) is 0 Å². The fourth-order valence-electron chi connectivity index (χ4n) is 1.63. The molecule has 0 aliphatic carbocycles. The summed E-state index contributed by atoms with van der Waals surface area (Å²) in [7, 11) is 1.74. The Morgan fingerprint density at radius 3 is 2.71 bits per heavy atom. The van der Waals surface area contributed by atoms with Crippen LogP contribution in [0.25, 0.3) is 0 Å². The van der Waals surface area contributed by atoms with Gasteiger partial charge in [0.15, 0.2) is 0 Å². The molecular weight excluding hydrogens is 212 g/mol. The van der Waals surface area contributed by atoms with Crippen molar-refractivity contribution in [1.82, 2.24) is 0 Å². The average Bonchev–Trinajstić information content (AvgIpc) is 2.28. The molecule has 0 spiro atoms. The molecule has 1 aromatic rings.